The molecule has 1 atom stereocenters. The molecule has 1 aliphatic rings. The Morgan fingerprint density at radius 2 is 1.81 bits per heavy atom. The number of esters is 1. The number of carbonyl (C=O) groups is 2. The molecule has 0 bridgehead atoms. The summed E-state index contributed by atoms with van der Waals surface area (Å²) in [6.45, 7) is 0.942. The molecule has 0 saturated carbocycles. The molecule has 7 nitrogen and oxygen atoms in total. The highest BCUT2D eigenvalue weighted by molar-refractivity contribution is 7.89. The van der Waals surface area contributed by atoms with Crippen LogP contribution in [0.15, 0.2) is 53.4 Å². The lowest BCUT2D eigenvalue weighted by molar-refractivity contribution is -0.145. The highest BCUT2D eigenvalue weighted by Gasteiger charge is 2.28. The van der Waals surface area contributed by atoms with Crippen molar-refractivity contribution in [2.24, 2.45) is 5.92 Å². The van der Waals surface area contributed by atoms with Crippen LogP contribution in [0, 0.1) is 11.7 Å². The Morgan fingerprint density at radius 1 is 1.13 bits per heavy atom. The second-order valence-corrected chi connectivity index (χ2v) is 9.34. The summed E-state index contributed by atoms with van der Waals surface area (Å²) in [5.74, 6) is -2.05. The molecule has 166 valence electrons. The molecule has 1 saturated heterocycles. The Labute approximate surface area is 181 Å². The molecule has 0 unspecified atom stereocenters. The summed E-state index contributed by atoms with van der Waals surface area (Å²) < 4.78 is 44.8. The van der Waals surface area contributed by atoms with Crippen molar-refractivity contribution in [3.63, 3.8) is 0 Å². The van der Waals surface area contributed by atoms with Crippen molar-refractivity contribution in [1.82, 2.24) is 9.62 Å². The zero-order valence-electron chi connectivity index (χ0n) is 17.2. The van der Waals surface area contributed by atoms with E-state index in [4.69, 9.17) is 4.74 Å². The van der Waals surface area contributed by atoms with E-state index in [-0.39, 0.29) is 29.2 Å². The zero-order chi connectivity index (χ0) is 22.4. The molecule has 9 heteroatoms. The van der Waals surface area contributed by atoms with E-state index in [0.29, 0.717) is 13.1 Å². The molecule has 0 radical (unpaired) electrons. The molecule has 1 heterocycles. The molecule has 0 aliphatic carbocycles. The van der Waals surface area contributed by atoms with E-state index >= 15 is 0 Å². The Hall–Kier alpha value is -2.78. The van der Waals surface area contributed by atoms with Crippen LogP contribution in [0.1, 0.15) is 28.8 Å². The number of benzene rings is 2. The third kappa shape index (κ3) is 5.68. The van der Waals surface area contributed by atoms with E-state index in [1.807, 2.05) is 0 Å². The van der Waals surface area contributed by atoms with Gasteiger partial charge in [-0.25, -0.2) is 12.8 Å². The SMILES string of the molecule is COC(=O)[C@H](CNC(=O)c1cccc(S(=O)(=O)N2CCCC2)c1)Cc1ccc(F)cc1. The third-order valence-corrected chi connectivity index (χ3v) is 7.13. The number of carbonyl (C=O) groups excluding carboxylic acids is 2. The van der Waals surface area contributed by atoms with Crippen molar-refractivity contribution in [3.05, 3.63) is 65.5 Å². The molecular weight excluding hydrogens is 423 g/mol. The fourth-order valence-corrected chi connectivity index (χ4v) is 5.07. The maximum atomic E-state index is 13.1. The van der Waals surface area contributed by atoms with Gasteiger partial charge in [0.2, 0.25) is 10.0 Å². The standard InChI is InChI=1S/C22H25FN2O5S/c1-30-22(27)18(13-16-7-9-19(23)10-8-16)15-24-21(26)17-5-4-6-20(14-17)31(28,29)25-11-2-3-12-25/h4-10,14,18H,2-3,11-13,15H2,1H3,(H,24,26)/t18-/m0/s1. The zero-order valence-corrected chi connectivity index (χ0v) is 18.0. The van der Waals surface area contributed by atoms with Gasteiger partial charge in [-0.3, -0.25) is 9.59 Å². The number of hydrogen-bond donors (Lipinski definition) is 1. The lowest BCUT2D eigenvalue weighted by Gasteiger charge is -2.17. The topological polar surface area (TPSA) is 92.8 Å². The summed E-state index contributed by atoms with van der Waals surface area (Å²) in [5, 5.41) is 2.67. The van der Waals surface area contributed by atoms with Crippen LogP contribution in [0.5, 0.6) is 0 Å². The minimum Gasteiger partial charge on any atom is -0.469 e. The van der Waals surface area contributed by atoms with Gasteiger partial charge in [0.1, 0.15) is 5.82 Å². The van der Waals surface area contributed by atoms with Gasteiger partial charge in [-0.2, -0.15) is 4.31 Å². The van der Waals surface area contributed by atoms with Crippen LogP contribution < -0.4 is 5.32 Å². The summed E-state index contributed by atoms with van der Waals surface area (Å²) in [6.07, 6.45) is 1.90. The van der Waals surface area contributed by atoms with Gasteiger partial charge in [0.25, 0.3) is 5.91 Å². The van der Waals surface area contributed by atoms with Crippen LogP contribution in [0.3, 0.4) is 0 Å². The molecule has 0 aromatic heterocycles. The molecule has 3 rings (SSSR count). The molecule has 1 aliphatic heterocycles. The maximum Gasteiger partial charge on any atom is 0.310 e. The third-order valence-electron chi connectivity index (χ3n) is 5.24. The Kier molecular flexibility index (Phi) is 7.40. The fraction of sp³-hybridized carbons (Fsp3) is 0.364. The first-order valence-electron chi connectivity index (χ1n) is 10.0. The van der Waals surface area contributed by atoms with E-state index in [0.717, 1.165) is 18.4 Å². The van der Waals surface area contributed by atoms with Crippen molar-refractivity contribution in [2.75, 3.05) is 26.7 Å². The normalized spacial score (nSPS) is 15.4. The van der Waals surface area contributed by atoms with Crippen LogP contribution in [-0.2, 0) is 26.0 Å². The first-order valence-corrected chi connectivity index (χ1v) is 11.5. The lowest BCUT2D eigenvalue weighted by Crippen LogP contribution is -2.35. The molecule has 2 aromatic carbocycles. The fourth-order valence-electron chi connectivity index (χ4n) is 3.50. The summed E-state index contributed by atoms with van der Waals surface area (Å²) in [7, 11) is -2.38. The monoisotopic (exact) mass is 448 g/mol. The van der Waals surface area contributed by atoms with Crippen molar-refractivity contribution >= 4 is 21.9 Å². The van der Waals surface area contributed by atoms with Crippen LogP contribution in [0.25, 0.3) is 0 Å². The molecule has 1 fully saturated rings. The smallest absolute Gasteiger partial charge is 0.310 e. The summed E-state index contributed by atoms with van der Waals surface area (Å²) in [5.41, 5.74) is 0.912. The van der Waals surface area contributed by atoms with Gasteiger partial charge in [-0.05, 0) is 55.2 Å². The summed E-state index contributed by atoms with van der Waals surface area (Å²) in [4.78, 5) is 24.8. The van der Waals surface area contributed by atoms with E-state index < -0.39 is 27.8 Å². The number of hydrogen-bond acceptors (Lipinski definition) is 5. The number of sulfonamides is 1. The average molecular weight is 449 g/mol. The largest absolute Gasteiger partial charge is 0.469 e. The van der Waals surface area contributed by atoms with Crippen LogP contribution in [0.2, 0.25) is 0 Å². The number of ether oxygens (including phenoxy) is 1. The van der Waals surface area contributed by atoms with Crippen molar-refractivity contribution in [1.29, 1.82) is 0 Å². The van der Waals surface area contributed by atoms with Crippen molar-refractivity contribution in [3.8, 4) is 0 Å². The number of amides is 1. The van der Waals surface area contributed by atoms with E-state index in [1.54, 1.807) is 12.1 Å². The summed E-state index contributed by atoms with van der Waals surface area (Å²) in [6, 6.07) is 11.6. The van der Waals surface area contributed by atoms with Gasteiger partial charge in [0.05, 0.1) is 17.9 Å². The maximum absolute atomic E-state index is 13.1. The van der Waals surface area contributed by atoms with Crippen LogP contribution in [-0.4, -0.2) is 51.3 Å². The first kappa shape index (κ1) is 22.9. The van der Waals surface area contributed by atoms with Gasteiger partial charge in [-0.1, -0.05) is 18.2 Å². The Morgan fingerprint density at radius 3 is 2.45 bits per heavy atom. The van der Waals surface area contributed by atoms with Gasteiger partial charge < -0.3 is 10.1 Å². The summed E-state index contributed by atoms with van der Waals surface area (Å²) >= 11 is 0. The predicted molar refractivity (Wildman–Crippen MR) is 112 cm³/mol. The molecule has 2 aromatic rings. The Bertz CT molecular complexity index is 1030. The molecule has 1 amide bonds. The predicted octanol–water partition coefficient (Wildman–Crippen LogP) is 2.37. The van der Waals surface area contributed by atoms with Crippen molar-refractivity contribution < 1.29 is 27.1 Å². The second-order valence-electron chi connectivity index (χ2n) is 7.40. The van der Waals surface area contributed by atoms with Gasteiger partial charge >= 0.3 is 5.97 Å². The quantitative estimate of drug-likeness (QED) is 0.626. The van der Waals surface area contributed by atoms with E-state index in [2.05, 4.69) is 5.32 Å². The lowest BCUT2D eigenvalue weighted by atomic mass is 9.99. The minimum absolute atomic E-state index is 0.00795. The van der Waals surface area contributed by atoms with Crippen LogP contribution in [0.4, 0.5) is 4.39 Å². The molecule has 31 heavy (non-hydrogen) atoms. The van der Waals surface area contributed by atoms with Gasteiger partial charge in [0.15, 0.2) is 0 Å². The second kappa shape index (κ2) is 10.0. The van der Waals surface area contributed by atoms with Gasteiger partial charge in [0, 0.05) is 25.2 Å². The minimum atomic E-state index is -3.64. The van der Waals surface area contributed by atoms with Crippen LogP contribution >= 0.6 is 0 Å². The average Bonchev–Trinajstić information content (AvgIpc) is 3.33. The van der Waals surface area contributed by atoms with E-state index in [1.165, 1.54) is 47.8 Å². The number of nitrogens with one attached hydrogen (secondary N) is 1. The molecule has 1 N–H and O–H groups in total. The number of methoxy groups -OCH3 is 1. The number of nitrogens with zero attached hydrogens (tertiary/aromatic N) is 1. The Balaban J connectivity index is 1.69. The van der Waals surface area contributed by atoms with E-state index in [9.17, 15) is 22.4 Å². The molecular formula is C22H25FN2O5S. The number of rotatable bonds is 8. The highest BCUT2D eigenvalue weighted by Crippen LogP contribution is 2.21. The molecule has 0 spiro atoms. The van der Waals surface area contributed by atoms with Crippen molar-refractivity contribution in [2.45, 2.75) is 24.2 Å². The first-order chi connectivity index (χ1) is 14.8. The van der Waals surface area contributed by atoms with Gasteiger partial charge in [-0.15, -0.1) is 0 Å². The highest BCUT2D eigenvalue weighted by atomic mass is 32.2. The number of halogens is 1.